The van der Waals surface area contributed by atoms with Gasteiger partial charge in [-0.3, -0.25) is 19.2 Å². The van der Waals surface area contributed by atoms with Crippen LogP contribution in [0.25, 0.3) is 0 Å². The molecule has 0 fully saturated rings. The molecule has 6 rings (SSSR count). The zero-order chi connectivity index (χ0) is 40.0. The van der Waals surface area contributed by atoms with Crippen molar-refractivity contribution in [2.75, 3.05) is 34.5 Å². The number of amides is 4. The molecule has 0 saturated heterocycles. The van der Waals surface area contributed by atoms with Crippen molar-refractivity contribution in [3.8, 4) is 11.5 Å². The minimum absolute atomic E-state index is 0.0709. The summed E-state index contributed by atoms with van der Waals surface area (Å²) in [5, 5.41) is 0. The third-order valence-electron chi connectivity index (χ3n) is 9.51. The van der Waals surface area contributed by atoms with Crippen LogP contribution in [0.5, 0.6) is 11.5 Å². The van der Waals surface area contributed by atoms with Crippen LogP contribution in [0.2, 0.25) is 0 Å². The summed E-state index contributed by atoms with van der Waals surface area (Å²) in [7, 11) is 0. The number of carbonyl (C=O) groups is 4. The SMILES string of the molecule is CCCCOc1cc(N2C(=O)c3ccc(C(c4ccc5c(c4)C(=O)N(c4ccc(N)c(OCCCC)c4)C5=O)(C(F)(F)F)C(F)(F)F)cc3C2=O)ccc1N. The van der Waals surface area contributed by atoms with E-state index in [1.807, 2.05) is 13.8 Å². The number of nitrogen functional groups attached to an aromatic ring is 2. The van der Waals surface area contributed by atoms with Crippen molar-refractivity contribution in [3.63, 3.8) is 0 Å². The predicted molar refractivity (Wildman–Crippen MR) is 191 cm³/mol. The van der Waals surface area contributed by atoms with E-state index < -0.39 is 74.8 Å². The van der Waals surface area contributed by atoms with Crippen LogP contribution in [-0.4, -0.2) is 49.2 Å². The molecule has 0 bridgehead atoms. The summed E-state index contributed by atoms with van der Waals surface area (Å²) >= 11 is 0. The van der Waals surface area contributed by atoms with E-state index in [-0.39, 0.29) is 47.5 Å². The summed E-state index contributed by atoms with van der Waals surface area (Å²) in [5.41, 5.74) is 2.09. The molecule has 16 heteroatoms. The second-order valence-corrected chi connectivity index (χ2v) is 13.0. The van der Waals surface area contributed by atoms with Crippen molar-refractivity contribution in [1.82, 2.24) is 0 Å². The standard InChI is InChI=1S/C39H34F6N4O6/c1-3-5-15-54-31-19-23(9-13-29(31)46)48-33(50)25-11-7-21(17-27(25)35(48)52)37(38(40,41)42,39(43,44)45)22-8-12-26-28(18-22)36(53)49(34(26)51)24-10-14-30(47)32(20-24)55-16-6-4-2/h7-14,17-20H,3-6,15-16,46-47H2,1-2H3. The van der Waals surface area contributed by atoms with Gasteiger partial charge in [0.25, 0.3) is 23.6 Å². The van der Waals surface area contributed by atoms with Crippen LogP contribution in [0.4, 0.5) is 49.1 Å². The number of rotatable bonds is 12. The molecule has 0 radical (unpaired) electrons. The summed E-state index contributed by atoms with van der Waals surface area (Å²) in [6.45, 7) is 4.35. The number of carbonyl (C=O) groups excluding carboxylic acids is 4. The molecule has 2 heterocycles. The fourth-order valence-corrected chi connectivity index (χ4v) is 6.63. The van der Waals surface area contributed by atoms with Crippen LogP contribution in [0.15, 0.2) is 72.8 Å². The van der Waals surface area contributed by atoms with E-state index in [4.69, 9.17) is 20.9 Å². The van der Waals surface area contributed by atoms with Crippen LogP contribution in [0, 0.1) is 0 Å². The number of hydrogen-bond donors (Lipinski definition) is 2. The Morgan fingerprint density at radius 1 is 0.527 bits per heavy atom. The van der Waals surface area contributed by atoms with E-state index in [1.165, 1.54) is 36.4 Å². The van der Waals surface area contributed by atoms with E-state index in [0.717, 1.165) is 25.0 Å². The Labute approximate surface area is 310 Å². The highest BCUT2D eigenvalue weighted by Crippen LogP contribution is 2.57. The average Bonchev–Trinajstić information content (AvgIpc) is 3.52. The maximum Gasteiger partial charge on any atom is 0.411 e. The fraction of sp³-hybridized carbons (Fsp3) is 0.282. The molecule has 0 atom stereocenters. The molecule has 2 aliphatic heterocycles. The smallest absolute Gasteiger partial charge is 0.411 e. The van der Waals surface area contributed by atoms with Crippen molar-refractivity contribution < 1.29 is 55.0 Å². The van der Waals surface area contributed by atoms with Crippen molar-refractivity contribution >= 4 is 46.4 Å². The first-order chi connectivity index (χ1) is 26.0. The third-order valence-corrected chi connectivity index (χ3v) is 9.51. The molecule has 2 aliphatic rings. The Bertz CT molecular complexity index is 2060. The lowest BCUT2D eigenvalue weighted by Gasteiger charge is -2.38. The van der Waals surface area contributed by atoms with Crippen LogP contribution in [0.3, 0.4) is 0 Å². The fourth-order valence-electron chi connectivity index (χ4n) is 6.63. The Morgan fingerprint density at radius 3 is 1.24 bits per heavy atom. The lowest BCUT2D eigenvalue weighted by molar-refractivity contribution is -0.288. The lowest BCUT2D eigenvalue weighted by atomic mass is 9.71. The normalized spacial score (nSPS) is 14.5. The van der Waals surface area contributed by atoms with Crippen molar-refractivity contribution in [2.45, 2.75) is 57.3 Å². The average molecular weight is 769 g/mol. The first-order valence-electron chi connectivity index (χ1n) is 17.2. The van der Waals surface area contributed by atoms with Gasteiger partial charge in [-0.25, -0.2) is 9.80 Å². The maximum absolute atomic E-state index is 15.3. The van der Waals surface area contributed by atoms with Gasteiger partial charge < -0.3 is 20.9 Å². The van der Waals surface area contributed by atoms with Crippen LogP contribution in [0.1, 0.15) is 92.1 Å². The Kier molecular flexibility index (Phi) is 10.1. The summed E-state index contributed by atoms with van der Waals surface area (Å²) in [5.74, 6) is -4.12. The molecule has 10 nitrogen and oxygen atoms in total. The second kappa shape index (κ2) is 14.3. The summed E-state index contributed by atoms with van der Waals surface area (Å²) in [6, 6.07) is 11.0. The van der Waals surface area contributed by atoms with Gasteiger partial charge in [-0.15, -0.1) is 0 Å². The van der Waals surface area contributed by atoms with Gasteiger partial charge in [0.1, 0.15) is 11.5 Å². The summed E-state index contributed by atoms with van der Waals surface area (Å²) in [6.07, 6.45) is -9.37. The summed E-state index contributed by atoms with van der Waals surface area (Å²) < 4.78 is 103. The number of unbranched alkanes of at least 4 members (excludes halogenated alkanes) is 2. The van der Waals surface area contributed by atoms with Crippen molar-refractivity contribution in [3.05, 3.63) is 106 Å². The van der Waals surface area contributed by atoms with Gasteiger partial charge in [0.05, 0.1) is 58.2 Å². The molecule has 0 saturated carbocycles. The topological polar surface area (TPSA) is 145 Å². The van der Waals surface area contributed by atoms with Crippen molar-refractivity contribution in [2.24, 2.45) is 0 Å². The molecule has 4 amide bonds. The number of ether oxygens (including phenoxy) is 2. The minimum atomic E-state index is -6.13. The van der Waals surface area contributed by atoms with E-state index >= 15 is 26.3 Å². The van der Waals surface area contributed by atoms with Crippen molar-refractivity contribution in [1.29, 1.82) is 0 Å². The number of benzene rings is 4. The van der Waals surface area contributed by atoms with Gasteiger partial charge >= 0.3 is 12.4 Å². The van der Waals surface area contributed by atoms with Gasteiger partial charge in [0.15, 0.2) is 0 Å². The van der Waals surface area contributed by atoms with Gasteiger partial charge in [0.2, 0.25) is 5.41 Å². The second-order valence-electron chi connectivity index (χ2n) is 13.0. The molecule has 0 spiro atoms. The van der Waals surface area contributed by atoms with Crippen LogP contribution < -0.4 is 30.7 Å². The largest absolute Gasteiger partial charge is 0.491 e. The molecule has 4 N–H and O–H groups in total. The third kappa shape index (κ3) is 6.38. The molecule has 0 unspecified atom stereocenters. The van der Waals surface area contributed by atoms with Gasteiger partial charge in [-0.2, -0.15) is 26.3 Å². The highest BCUT2D eigenvalue weighted by atomic mass is 19.4. The molecule has 4 aromatic rings. The number of nitrogens with two attached hydrogens (primary N) is 2. The highest BCUT2D eigenvalue weighted by molar-refractivity contribution is 6.35. The monoisotopic (exact) mass is 768 g/mol. The molecule has 288 valence electrons. The maximum atomic E-state index is 15.3. The quantitative estimate of drug-likeness (QED) is 0.0635. The number of nitrogens with zero attached hydrogens (tertiary/aromatic N) is 2. The Hall–Kier alpha value is -6.06. The molecule has 0 aromatic heterocycles. The minimum Gasteiger partial charge on any atom is -0.491 e. The summed E-state index contributed by atoms with van der Waals surface area (Å²) in [4.78, 5) is 55.4. The predicted octanol–water partition coefficient (Wildman–Crippen LogP) is 8.22. The van der Waals surface area contributed by atoms with E-state index in [0.29, 0.717) is 46.9 Å². The number of anilines is 4. The number of fused-ring (bicyclic) bond motifs is 2. The van der Waals surface area contributed by atoms with Gasteiger partial charge in [0, 0.05) is 12.1 Å². The van der Waals surface area contributed by atoms with Gasteiger partial charge in [-0.1, -0.05) is 38.8 Å². The van der Waals surface area contributed by atoms with Gasteiger partial charge in [-0.05, 0) is 72.5 Å². The van der Waals surface area contributed by atoms with E-state index in [9.17, 15) is 19.2 Å². The van der Waals surface area contributed by atoms with Crippen LogP contribution >= 0.6 is 0 Å². The van der Waals surface area contributed by atoms with E-state index in [1.54, 1.807) is 0 Å². The first kappa shape index (κ1) is 38.7. The zero-order valence-electron chi connectivity index (χ0n) is 29.4. The molecular formula is C39H34F6N4O6. The molecule has 4 aromatic carbocycles. The molecule has 0 aliphatic carbocycles. The number of halogens is 6. The Balaban J connectivity index is 1.42. The number of alkyl halides is 6. The molecule has 55 heavy (non-hydrogen) atoms. The lowest BCUT2D eigenvalue weighted by Crippen LogP contribution is -2.55. The zero-order valence-corrected chi connectivity index (χ0v) is 29.4. The number of imide groups is 2. The molecular weight excluding hydrogens is 734 g/mol. The highest BCUT2D eigenvalue weighted by Gasteiger charge is 2.73. The first-order valence-corrected chi connectivity index (χ1v) is 17.2. The van der Waals surface area contributed by atoms with E-state index in [2.05, 4.69) is 0 Å². The Morgan fingerprint density at radius 2 is 0.891 bits per heavy atom. The number of hydrogen-bond acceptors (Lipinski definition) is 8. The van der Waals surface area contributed by atoms with Crippen LogP contribution in [-0.2, 0) is 5.41 Å².